The van der Waals surface area contributed by atoms with E-state index in [2.05, 4.69) is 13.8 Å². The normalized spacial score (nSPS) is 11.6. The molecule has 60 valence electrons. The van der Waals surface area contributed by atoms with Crippen LogP contribution >= 0.6 is 0 Å². The third-order valence-electron chi connectivity index (χ3n) is 0.968. The van der Waals surface area contributed by atoms with E-state index in [1.54, 1.807) is 0 Å². The van der Waals surface area contributed by atoms with Crippen LogP contribution in [0.25, 0.3) is 0 Å². The van der Waals surface area contributed by atoms with Gasteiger partial charge in [-0.1, -0.05) is 26.0 Å². The molecule has 0 aromatic rings. The minimum Gasteiger partial charge on any atom is -0.377 e. The van der Waals surface area contributed by atoms with Crippen molar-refractivity contribution >= 4 is 0 Å². The van der Waals surface area contributed by atoms with Gasteiger partial charge in [0.05, 0.1) is 6.61 Å². The van der Waals surface area contributed by atoms with Gasteiger partial charge in [0.25, 0.3) is 0 Å². The highest BCUT2D eigenvalue weighted by Crippen LogP contribution is 1.91. The molecule has 2 heteroatoms. The molecule has 0 heterocycles. The fourth-order valence-corrected chi connectivity index (χ4v) is 0.536. The van der Waals surface area contributed by atoms with Crippen molar-refractivity contribution in [2.75, 3.05) is 19.8 Å². The summed E-state index contributed by atoms with van der Waals surface area (Å²) >= 11 is 0. The van der Waals surface area contributed by atoms with E-state index >= 15 is 0 Å². The Labute approximate surface area is 63.1 Å². The Balaban J connectivity index is 2.97. The van der Waals surface area contributed by atoms with Gasteiger partial charge < -0.3 is 10.5 Å². The van der Waals surface area contributed by atoms with Crippen LogP contribution in [0.5, 0.6) is 0 Å². The summed E-state index contributed by atoms with van der Waals surface area (Å²) in [4.78, 5) is 0. The zero-order valence-electron chi connectivity index (χ0n) is 6.84. The molecule has 0 fully saturated rings. The van der Waals surface area contributed by atoms with Gasteiger partial charge in [-0.05, 0) is 5.92 Å². The predicted octanol–water partition coefficient (Wildman–Crippen LogP) is 1.17. The van der Waals surface area contributed by atoms with Crippen molar-refractivity contribution in [2.24, 2.45) is 11.7 Å². The molecule has 0 bridgehead atoms. The summed E-state index contributed by atoms with van der Waals surface area (Å²) < 4.78 is 5.25. The van der Waals surface area contributed by atoms with Crippen LogP contribution in [0.1, 0.15) is 13.8 Å². The number of nitrogens with two attached hydrogens (primary N) is 1. The minimum atomic E-state index is 0.602. The molecular weight excluding hydrogens is 126 g/mol. The van der Waals surface area contributed by atoms with Crippen molar-refractivity contribution in [3.05, 3.63) is 12.2 Å². The average Bonchev–Trinajstić information content (AvgIpc) is 1.87. The number of hydrogen-bond donors (Lipinski definition) is 1. The summed E-state index contributed by atoms with van der Waals surface area (Å²) in [6.45, 7) is 6.38. The first-order chi connectivity index (χ1) is 4.77. The fourth-order valence-electron chi connectivity index (χ4n) is 0.536. The average molecular weight is 143 g/mol. The fraction of sp³-hybridized carbons (Fsp3) is 0.750. The molecule has 0 aliphatic carbocycles. The highest BCUT2D eigenvalue weighted by atomic mass is 16.5. The summed E-state index contributed by atoms with van der Waals surface area (Å²) in [6, 6.07) is 0. The lowest BCUT2D eigenvalue weighted by molar-refractivity contribution is 0.135. The first-order valence-electron chi connectivity index (χ1n) is 3.70. The predicted molar refractivity (Wildman–Crippen MR) is 43.9 cm³/mol. The van der Waals surface area contributed by atoms with Crippen LogP contribution in [0.15, 0.2) is 12.2 Å². The summed E-state index contributed by atoms with van der Waals surface area (Å²) in [5.74, 6) is 0.617. The van der Waals surface area contributed by atoms with Crippen molar-refractivity contribution in [3.8, 4) is 0 Å². The molecule has 0 saturated carbocycles. The van der Waals surface area contributed by atoms with Crippen LogP contribution in [0.4, 0.5) is 0 Å². The molecule has 0 unspecified atom stereocenters. The second-order valence-electron chi connectivity index (χ2n) is 2.64. The Bertz CT molecular complexity index is 89.3. The quantitative estimate of drug-likeness (QED) is 0.463. The zero-order chi connectivity index (χ0) is 7.82. The van der Waals surface area contributed by atoms with Gasteiger partial charge >= 0.3 is 0 Å². The van der Waals surface area contributed by atoms with Crippen molar-refractivity contribution in [1.29, 1.82) is 0 Å². The number of ether oxygens (including phenoxy) is 1. The van der Waals surface area contributed by atoms with Gasteiger partial charge in [0, 0.05) is 13.2 Å². The molecule has 0 aliphatic rings. The van der Waals surface area contributed by atoms with Gasteiger partial charge in [-0.3, -0.25) is 0 Å². The van der Waals surface area contributed by atoms with Crippen molar-refractivity contribution in [1.82, 2.24) is 0 Å². The molecule has 0 aromatic carbocycles. The van der Waals surface area contributed by atoms with Gasteiger partial charge in [-0.25, -0.2) is 0 Å². The maximum atomic E-state index is 5.25. The third kappa shape index (κ3) is 7.66. The highest BCUT2D eigenvalue weighted by Gasteiger charge is 1.89. The number of hydrogen-bond acceptors (Lipinski definition) is 2. The Hall–Kier alpha value is -0.340. The van der Waals surface area contributed by atoms with Crippen LogP contribution in [0, 0.1) is 5.92 Å². The Morgan fingerprint density at radius 3 is 2.60 bits per heavy atom. The van der Waals surface area contributed by atoms with Crippen LogP contribution in [0.2, 0.25) is 0 Å². The van der Waals surface area contributed by atoms with Crippen LogP contribution in [-0.4, -0.2) is 19.8 Å². The second-order valence-corrected chi connectivity index (χ2v) is 2.64. The molecule has 0 amide bonds. The van der Waals surface area contributed by atoms with E-state index in [-0.39, 0.29) is 0 Å². The lowest BCUT2D eigenvalue weighted by atomic mass is 10.2. The SMILES string of the molecule is CC(C)COCC=CCN. The maximum Gasteiger partial charge on any atom is 0.0648 e. The summed E-state index contributed by atoms with van der Waals surface area (Å²) in [7, 11) is 0. The topological polar surface area (TPSA) is 35.2 Å². The minimum absolute atomic E-state index is 0.602. The van der Waals surface area contributed by atoms with Gasteiger partial charge in [0.1, 0.15) is 0 Å². The van der Waals surface area contributed by atoms with E-state index < -0.39 is 0 Å². The molecule has 0 spiro atoms. The molecule has 0 aliphatic heterocycles. The van der Waals surface area contributed by atoms with Crippen LogP contribution < -0.4 is 5.73 Å². The lowest BCUT2D eigenvalue weighted by Crippen LogP contribution is -2.02. The van der Waals surface area contributed by atoms with E-state index in [1.165, 1.54) is 0 Å². The Morgan fingerprint density at radius 1 is 1.40 bits per heavy atom. The smallest absolute Gasteiger partial charge is 0.0648 e. The summed E-state index contributed by atoms with van der Waals surface area (Å²) in [5, 5.41) is 0. The van der Waals surface area contributed by atoms with Crippen LogP contribution in [-0.2, 0) is 4.74 Å². The molecule has 10 heavy (non-hydrogen) atoms. The van der Waals surface area contributed by atoms with E-state index in [1.807, 2.05) is 12.2 Å². The second kappa shape index (κ2) is 6.78. The molecule has 0 saturated heterocycles. The molecule has 0 aromatic heterocycles. The molecule has 0 atom stereocenters. The standard InChI is InChI=1S/C8H17NO/c1-8(2)7-10-6-4-3-5-9/h3-4,8H,5-7,9H2,1-2H3. The monoisotopic (exact) mass is 143 g/mol. The zero-order valence-corrected chi connectivity index (χ0v) is 6.84. The molecule has 2 N–H and O–H groups in total. The van der Waals surface area contributed by atoms with E-state index in [4.69, 9.17) is 10.5 Å². The van der Waals surface area contributed by atoms with E-state index in [9.17, 15) is 0 Å². The molecule has 0 radical (unpaired) electrons. The van der Waals surface area contributed by atoms with Crippen LogP contribution in [0.3, 0.4) is 0 Å². The van der Waals surface area contributed by atoms with E-state index in [0.717, 1.165) is 6.61 Å². The van der Waals surface area contributed by atoms with Gasteiger partial charge in [0.15, 0.2) is 0 Å². The molecule has 2 nitrogen and oxygen atoms in total. The number of rotatable bonds is 5. The first kappa shape index (κ1) is 9.66. The summed E-state index contributed by atoms with van der Waals surface area (Å²) in [6.07, 6.45) is 3.85. The largest absolute Gasteiger partial charge is 0.377 e. The molecule has 0 rings (SSSR count). The first-order valence-corrected chi connectivity index (χ1v) is 3.70. The van der Waals surface area contributed by atoms with Crippen molar-refractivity contribution < 1.29 is 4.74 Å². The third-order valence-corrected chi connectivity index (χ3v) is 0.968. The highest BCUT2D eigenvalue weighted by molar-refractivity contribution is 4.81. The maximum absolute atomic E-state index is 5.25. The van der Waals surface area contributed by atoms with E-state index in [0.29, 0.717) is 19.1 Å². The van der Waals surface area contributed by atoms with Gasteiger partial charge in [-0.2, -0.15) is 0 Å². The molecular formula is C8H17NO. The summed E-state index contributed by atoms with van der Waals surface area (Å²) in [5.41, 5.74) is 5.23. The van der Waals surface area contributed by atoms with Gasteiger partial charge in [0.2, 0.25) is 0 Å². The lowest BCUT2D eigenvalue weighted by Gasteiger charge is -2.02. The Kier molecular flexibility index (Phi) is 6.55. The van der Waals surface area contributed by atoms with Gasteiger partial charge in [-0.15, -0.1) is 0 Å². The Morgan fingerprint density at radius 2 is 2.10 bits per heavy atom. The van der Waals surface area contributed by atoms with Crippen molar-refractivity contribution in [3.63, 3.8) is 0 Å². The van der Waals surface area contributed by atoms with Crippen molar-refractivity contribution in [2.45, 2.75) is 13.8 Å².